The van der Waals surface area contributed by atoms with Gasteiger partial charge >= 0.3 is 0 Å². The maximum atomic E-state index is 13.0. The highest BCUT2D eigenvalue weighted by Crippen LogP contribution is 2.20. The van der Waals surface area contributed by atoms with Crippen molar-refractivity contribution in [3.8, 4) is 0 Å². The Bertz CT molecular complexity index is 719. The quantitative estimate of drug-likeness (QED) is 0.668. The van der Waals surface area contributed by atoms with E-state index in [2.05, 4.69) is 38.8 Å². The molecular weight excluding hydrogens is 339 g/mol. The van der Waals surface area contributed by atoms with Crippen molar-refractivity contribution in [3.63, 3.8) is 0 Å². The number of hydrogen-bond acceptors (Lipinski definition) is 5. The van der Waals surface area contributed by atoms with Crippen LogP contribution in [0.15, 0.2) is 29.3 Å². The van der Waals surface area contributed by atoms with Crippen molar-refractivity contribution in [3.05, 3.63) is 40.1 Å². The Labute approximate surface area is 151 Å². The van der Waals surface area contributed by atoms with Crippen LogP contribution in [0.2, 0.25) is 0 Å². The van der Waals surface area contributed by atoms with Crippen LogP contribution in [-0.2, 0) is 6.54 Å². The largest absolute Gasteiger partial charge is 0.370 e. The molecule has 0 bridgehead atoms. The van der Waals surface area contributed by atoms with Gasteiger partial charge in [0.15, 0.2) is 5.96 Å². The highest BCUT2D eigenvalue weighted by Gasteiger charge is 2.18. The van der Waals surface area contributed by atoms with Gasteiger partial charge in [-0.3, -0.25) is 0 Å². The second-order valence-corrected chi connectivity index (χ2v) is 7.41. The summed E-state index contributed by atoms with van der Waals surface area (Å²) in [6.45, 7) is 7.91. The number of aliphatic imine (C=N–C) groups is 1. The minimum absolute atomic E-state index is 0.212. The summed E-state index contributed by atoms with van der Waals surface area (Å²) in [4.78, 5) is 8.76. The van der Waals surface area contributed by atoms with Gasteiger partial charge in [0.2, 0.25) is 0 Å². The Morgan fingerprint density at radius 1 is 1.20 bits per heavy atom. The van der Waals surface area contributed by atoms with E-state index in [1.54, 1.807) is 11.3 Å². The molecule has 0 unspecified atom stereocenters. The van der Waals surface area contributed by atoms with Crippen LogP contribution in [0.5, 0.6) is 0 Å². The smallest absolute Gasteiger partial charge is 0.191 e. The van der Waals surface area contributed by atoms with Crippen LogP contribution in [0.4, 0.5) is 10.1 Å². The van der Waals surface area contributed by atoms with Crippen LogP contribution in [0.25, 0.3) is 0 Å². The normalized spacial score (nSPS) is 15.9. The van der Waals surface area contributed by atoms with Crippen molar-refractivity contribution in [2.45, 2.75) is 26.3 Å². The van der Waals surface area contributed by atoms with Gasteiger partial charge in [-0.25, -0.2) is 9.38 Å². The molecule has 0 radical (unpaired) electrons. The number of nitrogens with two attached hydrogens (primary N) is 1. The maximum absolute atomic E-state index is 13.0. The fraction of sp³-hybridized carbons (Fsp3) is 0.471. The van der Waals surface area contributed by atoms with Gasteiger partial charge in [0, 0.05) is 37.8 Å². The number of piperazine rings is 1. The van der Waals surface area contributed by atoms with Crippen molar-refractivity contribution < 1.29 is 4.39 Å². The zero-order valence-corrected chi connectivity index (χ0v) is 15.3. The lowest BCUT2D eigenvalue weighted by Gasteiger charge is -2.36. The van der Waals surface area contributed by atoms with E-state index in [0.717, 1.165) is 41.9 Å². The van der Waals surface area contributed by atoms with E-state index in [0.29, 0.717) is 18.4 Å². The van der Waals surface area contributed by atoms with Gasteiger partial charge in [-0.05, 0) is 24.3 Å². The number of anilines is 1. The van der Waals surface area contributed by atoms with Crippen LogP contribution in [0.3, 0.4) is 0 Å². The lowest BCUT2D eigenvalue weighted by molar-refractivity contribution is 0.380. The average molecular weight is 362 g/mol. The molecule has 0 atom stereocenters. The maximum Gasteiger partial charge on any atom is 0.191 e. The third-order valence-corrected chi connectivity index (χ3v) is 5.36. The fourth-order valence-corrected chi connectivity index (χ4v) is 3.43. The van der Waals surface area contributed by atoms with Crippen molar-refractivity contribution in [2.24, 2.45) is 10.7 Å². The molecule has 1 fully saturated rings. The summed E-state index contributed by atoms with van der Waals surface area (Å²) in [5.74, 6) is 0.711. The van der Waals surface area contributed by atoms with Crippen molar-refractivity contribution in [2.75, 3.05) is 31.1 Å². The molecular formula is C17H23FN6S. The lowest BCUT2D eigenvalue weighted by atomic mass is 10.2. The molecule has 0 amide bonds. The minimum Gasteiger partial charge on any atom is -0.370 e. The number of benzene rings is 1. The lowest BCUT2D eigenvalue weighted by Crippen LogP contribution is -2.51. The van der Waals surface area contributed by atoms with E-state index in [4.69, 9.17) is 5.73 Å². The zero-order chi connectivity index (χ0) is 17.8. The van der Waals surface area contributed by atoms with Gasteiger partial charge in [0.25, 0.3) is 0 Å². The van der Waals surface area contributed by atoms with Crippen LogP contribution in [-0.4, -0.2) is 47.2 Å². The molecule has 0 spiro atoms. The number of halogens is 1. The topological polar surface area (TPSA) is 70.6 Å². The van der Waals surface area contributed by atoms with Gasteiger partial charge in [0.1, 0.15) is 15.8 Å². The summed E-state index contributed by atoms with van der Waals surface area (Å²) in [6.07, 6.45) is 0. The van der Waals surface area contributed by atoms with Crippen molar-refractivity contribution in [1.29, 1.82) is 0 Å². The molecule has 3 rings (SSSR count). The molecule has 2 aromatic rings. The monoisotopic (exact) mass is 362 g/mol. The number of rotatable bonds is 4. The summed E-state index contributed by atoms with van der Waals surface area (Å²) in [5.41, 5.74) is 7.17. The number of hydrogen-bond donors (Lipinski definition) is 1. The second-order valence-electron chi connectivity index (χ2n) is 6.31. The molecule has 0 aliphatic carbocycles. The van der Waals surface area contributed by atoms with Gasteiger partial charge in [-0.15, -0.1) is 10.2 Å². The average Bonchev–Trinajstić information content (AvgIpc) is 3.10. The van der Waals surface area contributed by atoms with Crippen molar-refractivity contribution in [1.82, 2.24) is 15.1 Å². The Morgan fingerprint density at radius 3 is 2.48 bits per heavy atom. The highest BCUT2D eigenvalue weighted by atomic mass is 32.1. The third kappa shape index (κ3) is 4.45. The summed E-state index contributed by atoms with van der Waals surface area (Å²) >= 11 is 1.59. The van der Waals surface area contributed by atoms with Gasteiger partial charge in [-0.2, -0.15) is 0 Å². The molecule has 1 aliphatic heterocycles. The van der Waals surface area contributed by atoms with E-state index in [9.17, 15) is 4.39 Å². The number of guanidine groups is 1. The standard InChI is InChI=1S/C17H23FN6S/c1-12(2)16-22-21-15(25-16)11-20-17(19)24-9-7-23(8-10-24)14-5-3-13(18)4-6-14/h3-6,12H,7-11H2,1-2H3,(H2,19,20). The van der Waals surface area contributed by atoms with E-state index < -0.39 is 0 Å². The van der Waals surface area contributed by atoms with E-state index >= 15 is 0 Å². The molecule has 2 heterocycles. The molecule has 134 valence electrons. The van der Waals surface area contributed by atoms with Gasteiger partial charge in [0.05, 0.1) is 6.54 Å². The first-order valence-corrected chi connectivity index (χ1v) is 9.22. The van der Waals surface area contributed by atoms with Gasteiger partial charge < -0.3 is 15.5 Å². The van der Waals surface area contributed by atoms with Crippen molar-refractivity contribution >= 4 is 23.0 Å². The summed E-state index contributed by atoms with van der Waals surface area (Å²) < 4.78 is 13.0. The molecule has 1 aromatic heterocycles. The minimum atomic E-state index is -0.212. The molecule has 8 heteroatoms. The molecule has 25 heavy (non-hydrogen) atoms. The Morgan fingerprint density at radius 2 is 1.88 bits per heavy atom. The summed E-state index contributed by atoms with van der Waals surface area (Å²) in [5, 5.41) is 10.2. The fourth-order valence-electron chi connectivity index (χ4n) is 2.66. The first-order chi connectivity index (χ1) is 12.0. The van der Waals surface area contributed by atoms with E-state index in [1.807, 2.05) is 12.1 Å². The first kappa shape index (κ1) is 17.6. The highest BCUT2D eigenvalue weighted by molar-refractivity contribution is 7.11. The second kappa shape index (κ2) is 7.77. The van der Waals surface area contributed by atoms with E-state index in [-0.39, 0.29) is 5.82 Å². The molecule has 1 aliphatic rings. The van der Waals surface area contributed by atoms with Crippen LogP contribution in [0, 0.1) is 5.82 Å². The molecule has 1 aromatic carbocycles. The zero-order valence-electron chi connectivity index (χ0n) is 14.5. The third-order valence-electron chi connectivity index (χ3n) is 4.15. The summed E-state index contributed by atoms with van der Waals surface area (Å²) in [6, 6.07) is 6.60. The van der Waals surface area contributed by atoms with Gasteiger partial charge in [-0.1, -0.05) is 25.2 Å². The number of nitrogens with zero attached hydrogens (tertiary/aromatic N) is 5. The van der Waals surface area contributed by atoms with Crippen LogP contribution < -0.4 is 10.6 Å². The number of aromatic nitrogens is 2. The SMILES string of the molecule is CC(C)c1nnc(CN=C(N)N2CCN(c3ccc(F)cc3)CC2)s1. The predicted octanol–water partition coefficient (Wildman–Crippen LogP) is 2.44. The predicted molar refractivity (Wildman–Crippen MR) is 99.5 cm³/mol. The first-order valence-electron chi connectivity index (χ1n) is 8.40. The molecule has 1 saturated heterocycles. The molecule has 0 saturated carbocycles. The Hall–Kier alpha value is -2.22. The van der Waals surface area contributed by atoms with E-state index in [1.165, 1.54) is 12.1 Å². The Balaban J connectivity index is 1.53. The van der Waals surface area contributed by atoms with Crippen LogP contribution in [0.1, 0.15) is 29.8 Å². The molecule has 2 N–H and O–H groups in total. The summed E-state index contributed by atoms with van der Waals surface area (Å²) in [7, 11) is 0. The Kier molecular flexibility index (Phi) is 5.47. The van der Waals surface area contributed by atoms with Crippen LogP contribution >= 0.6 is 11.3 Å². The molecule has 6 nitrogen and oxygen atoms in total.